The Kier molecular flexibility index (Phi) is 3.43. The number of hydrogen-bond acceptors (Lipinski definition) is 5. The summed E-state index contributed by atoms with van der Waals surface area (Å²) >= 11 is 0. The van der Waals surface area contributed by atoms with Gasteiger partial charge in [-0.3, -0.25) is 0 Å². The molecule has 1 N–H and O–H groups in total. The van der Waals surface area contributed by atoms with Gasteiger partial charge in [0.25, 0.3) is 0 Å². The minimum Gasteiger partial charge on any atom is -0.463 e. The molecule has 0 bridgehead atoms. The van der Waals surface area contributed by atoms with E-state index < -0.39 is 0 Å². The van der Waals surface area contributed by atoms with E-state index >= 15 is 0 Å². The van der Waals surface area contributed by atoms with Crippen LogP contribution in [-0.4, -0.2) is 41.9 Å². The molecule has 2 saturated heterocycles. The largest absolute Gasteiger partial charge is 0.463 e. The standard InChI is InChI=1S/C13H19N3O2/c1-4-15-12(16-5-1)17-6-2-11-3-7-18-13(8-11)9-14-10-13/h1,4-5,11,14H,2-3,6-10H2. The molecule has 1 aromatic heterocycles. The number of nitrogens with zero attached hydrogens (tertiary/aromatic N) is 2. The highest BCUT2D eigenvalue weighted by atomic mass is 16.5. The quantitative estimate of drug-likeness (QED) is 0.863. The first-order chi connectivity index (χ1) is 8.86. The molecule has 2 aliphatic rings. The molecule has 1 aromatic rings. The summed E-state index contributed by atoms with van der Waals surface area (Å²) in [5, 5.41) is 3.30. The molecule has 1 spiro atoms. The fraction of sp³-hybridized carbons (Fsp3) is 0.692. The van der Waals surface area contributed by atoms with E-state index in [1.807, 2.05) is 0 Å². The molecule has 0 aromatic carbocycles. The molecule has 2 fully saturated rings. The number of aromatic nitrogens is 2. The molecule has 5 nitrogen and oxygen atoms in total. The lowest BCUT2D eigenvalue weighted by Crippen LogP contribution is -2.63. The Morgan fingerprint density at radius 1 is 1.39 bits per heavy atom. The van der Waals surface area contributed by atoms with Crippen LogP contribution in [0.15, 0.2) is 18.5 Å². The van der Waals surface area contributed by atoms with Crippen LogP contribution in [0.2, 0.25) is 0 Å². The van der Waals surface area contributed by atoms with Gasteiger partial charge in [-0.15, -0.1) is 0 Å². The van der Waals surface area contributed by atoms with Crippen molar-refractivity contribution in [1.29, 1.82) is 0 Å². The summed E-state index contributed by atoms with van der Waals surface area (Å²) in [7, 11) is 0. The van der Waals surface area contributed by atoms with E-state index in [0.717, 1.165) is 39.0 Å². The van der Waals surface area contributed by atoms with Crippen LogP contribution in [0.4, 0.5) is 0 Å². The van der Waals surface area contributed by atoms with Crippen LogP contribution in [-0.2, 0) is 4.74 Å². The summed E-state index contributed by atoms with van der Waals surface area (Å²) in [6.45, 7) is 3.59. The minimum absolute atomic E-state index is 0.131. The van der Waals surface area contributed by atoms with E-state index in [2.05, 4.69) is 15.3 Å². The molecule has 0 saturated carbocycles. The normalized spacial score (nSPS) is 25.7. The van der Waals surface area contributed by atoms with Gasteiger partial charge in [-0.25, -0.2) is 9.97 Å². The van der Waals surface area contributed by atoms with Gasteiger partial charge < -0.3 is 14.8 Å². The van der Waals surface area contributed by atoms with Gasteiger partial charge in [-0.05, 0) is 31.2 Å². The highest BCUT2D eigenvalue weighted by Crippen LogP contribution is 2.33. The summed E-state index contributed by atoms with van der Waals surface area (Å²) in [6, 6.07) is 2.27. The second-order valence-electron chi connectivity index (χ2n) is 5.16. The van der Waals surface area contributed by atoms with Crippen LogP contribution in [0.3, 0.4) is 0 Å². The van der Waals surface area contributed by atoms with E-state index in [1.54, 1.807) is 18.5 Å². The number of ether oxygens (including phenoxy) is 2. The predicted molar refractivity (Wildman–Crippen MR) is 66.4 cm³/mol. The molecule has 18 heavy (non-hydrogen) atoms. The van der Waals surface area contributed by atoms with Crippen molar-refractivity contribution in [3.8, 4) is 6.01 Å². The zero-order valence-corrected chi connectivity index (χ0v) is 10.5. The summed E-state index contributed by atoms with van der Waals surface area (Å²) in [4.78, 5) is 8.10. The third-order valence-corrected chi connectivity index (χ3v) is 3.79. The van der Waals surface area contributed by atoms with E-state index in [4.69, 9.17) is 9.47 Å². The van der Waals surface area contributed by atoms with Crippen molar-refractivity contribution in [1.82, 2.24) is 15.3 Å². The summed E-state index contributed by atoms with van der Waals surface area (Å²) in [5.41, 5.74) is 0.131. The van der Waals surface area contributed by atoms with Gasteiger partial charge in [0.2, 0.25) is 0 Å². The molecule has 98 valence electrons. The number of hydrogen-bond donors (Lipinski definition) is 1. The fourth-order valence-corrected chi connectivity index (χ4v) is 2.70. The van der Waals surface area contributed by atoms with Crippen LogP contribution in [0.25, 0.3) is 0 Å². The Bertz CT molecular complexity index is 381. The van der Waals surface area contributed by atoms with Crippen molar-refractivity contribution >= 4 is 0 Å². The minimum atomic E-state index is 0.131. The molecule has 2 aliphatic heterocycles. The first kappa shape index (κ1) is 11.9. The Hall–Kier alpha value is -1.20. The van der Waals surface area contributed by atoms with Gasteiger partial charge in [0.15, 0.2) is 0 Å². The lowest BCUT2D eigenvalue weighted by molar-refractivity contribution is -0.128. The molecule has 1 unspecified atom stereocenters. The molecule has 3 rings (SSSR count). The lowest BCUT2D eigenvalue weighted by atomic mass is 9.80. The maximum atomic E-state index is 5.87. The maximum absolute atomic E-state index is 5.87. The van der Waals surface area contributed by atoms with Crippen molar-refractivity contribution in [3.63, 3.8) is 0 Å². The fourth-order valence-electron chi connectivity index (χ4n) is 2.70. The monoisotopic (exact) mass is 249 g/mol. The van der Waals surface area contributed by atoms with Crippen molar-refractivity contribution in [3.05, 3.63) is 18.5 Å². The van der Waals surface area contributed by atoms with Gasteiger partial charge in [0, 0.05) is 32.1 Å². The topological polar surface area (TPSA) is 56.3 Å². The van der Waals surface area contributed by atoms with Crippen molar-refractivity contribution < 1.29 is 9.47 Å². The van der Waals surface area contributed by atoms with Crippen molar-refractivity contribution in [2.45, 2.75) is 24.9 Å². The Morgan fingerprint density at radius 2 is 2.22 bits per heavy atom. The Morgan fingerprint density at radius 3 is 2.94 bits per heavy atom. The number of rotatable bonds is 4. The first-order valence-corrected chi connectivity index (χ1v) is 6.61. The van der Waals surface area contributed by atoms with Gasteiger partial charge in [-0.1, -0.05) is 0 Å². The SMILES string of the molecule is c1cnc(OCCC2CCOC3(CNC3)C2)nc1. The van der Waals surface area contributed by atoms with Gasteiger partial charge in [0.1, 0.15) is 0 Å². The highest BCUT2D eigenvalue weighted by molar-refractivity contribution is 4.98. The van der Waals surface area contributed by atoms with E-state index in [1.165, 1.54) is 0 Å². The Balaban J connectivity index is 1.43. The van der Waals surface area contributed by atoms with Crippen LogP contribution >= 0.6 is 0 Å². The van der Waals surface area contributed by atoms with E-state index in [9.17, 15) is 0 Å². The molecule has 1 atom stereocenters. The van der Waals surface area contributed by atoms with Crippen LogP contribution in [0.5, 0.6) is 6.01 Å². The third kappa shape index (κ3) is 2.62. The zero-order valence-electron chi connectivity index (χ0n) is 10.5. The predicted octanol–water partition coefficient (Wildman–Crippen LogP) is 1.01. The molecular weight excluding hydrogens is 230 g/mol. The second kappa shape index (κ2) is 5.20. The smallest absolute Gasteiger partial charge is 0.316 e. The van der Waals surface area contributed by atoms with Gasteiger partial charge in [0.05, 0.1) is 12.2 Å². The molecule has 0 radical (unpaired) electrons. The van der Waals surface area contributed by atoms with Gasteiger partial charge >= 0.3 is 6.01 Å². The van der Waals surface area contributed by atoms with Gasteiger partial charge in [-0.2, -0.15) is 0 Å². The molecule has 0 amide bonds. The summed E-state index contributed by atoms with van der Waals surface area (Å²) in [5.74, 6) is 0.699. The highest BCUT2D eigenvalue weighted by Gasteiger charge is 2.42. The van der Waals surface area contributed by atoms with Crippen LogP contribution in [0.1, 0.15) is 19.3 Å². The number of nitrogens with one attached hydrogen (secondary N) is 1. The average Bonchev–Trinajstić information content (AvgIpc) is 2.39. The van der Waals surface area contributed by atoms with Crippen molar-refractivity contribution in [2.75, 3.05) is 26.3 Å². The zero-order chi connectivity index (χ0) is 12.3. The second-order valence-corrected chi connectivity index (χ2v) is 5.16. The van der Waals surface area contributed by atoms with Crippen LogP contribution < -0.4 is 10.1 Å². The summed E-state index contributed by atoms with van der Waals surface area (Å²) in [6.07, 6.45) is 6.75. The molecular formula is C13H19N3O2. The first-order valence-electron chi connectivity index (χ1n) is 6.61. The van der Waals surface area contributed by atoms with Crippen LogP contribution in [0, 0.1) is 5.92 Å². The van der Waals surface area contributed by atoms with E-state index in [-0.39, 0.29) is 5.60 Å². The average molecular weight is 249 g/mol. The molecule has 5 heteroatoms. The molecule has 3 heterocycles. The molecule has 0 aliphatic carbocycles. The third-order valence-electron chi connectivity index (χ3n) is 3.79. The summed E-state index contributed by atoms with van der Waals surface area (Å²) < 4.78 is 11.4. The Labute approximate surface area is 107 Å². The lowest BCUT2D eigenvalue weighted by Gasteiger charge is -2.47. The maximum Gasteiger partial charge on any atom is 0.316 e. The van der Waals surface area contributed by atoms with E-state index in [0.29, 0.717) is 18.5 Å². The van der Waals surface area contributed by atoms with Crippen molar-refractivity contribution in [2.24, 2.45) is 5.92 Å².